The number of nitrogens with zero attached hydrogens (tertiary/aromatic N) is 4. The summed E-state index contributed by atoms with van der Waals surface area (Å²) in [6.45, 7) is 2.60. The number of aromatic amines is 1. The first-order chi connectivity index (χ1) is 11.3. The first kappa shape index (κ1) is 15.1. The summed E-state index contributed by atoms with van der Waals surface area (Å²) >= 11 is 5.23. The van der Waals surface area contributed by atoms with E-state index in [1.54, 1.807) is 17.1 Å². The molecule has 2 heterocycles. The molecule has 0 saturated heterocycles. The molecule has 0 aliphatic heterocycles. The Bertz CT molecular complexity index is 852. The van der Waals surface area contributed by atoms with Gasteiger partial charge in [-0.25, -0.2) is 5.10 Å². The van der Waals surface area contributed by atoms with Crippen LogP contribution in [0.25, 0.3) is 11.5 Å². The van der Waals surface area contributed by atoms with Crippen LogP contribution in [0.15, 0.2) is 53.8 Å². The van der Waals surface area contributed by atoms with Gasteiger partial charge < -0.3 is 4.74 Å². The summed E-state index contributed by atoms with van der Waals surface area (Å²) < 4.78 is 7.38. The van der Waals surface area contributed by atoms with Gasteiger partial charge in [0.25, 0.3) is 0 Å². The number of hydrogen-bond acceptors (Lipinski definition) is 5. The first-order valence-electron chi connectivity index (χ1n) is 7.14. The number of nitrogens with one attached hydrogen (secondary N) is 1. The molecule has 3 rings (SSSR count). The summed E-state index contributed by atoms with van der Waals surface area (Å²) in [5.74, 6) is 1.40. The van der Waals surface area contributed by atoms with Crippen molar-refractivity contribution in [2.45, 2.75) is 6.92 Å². The fraction of sp³-hybridized carbons (Fsp3) is 0.125. The van der Waals surface area contributed by atoms with Gasteiger partial charge in [0.05, 0.1) is 12.8 Å². The molecule has 0 spiro atoms. The molecule has 0 fully saturated rings. The maximum absolute atomic E-state index is 5.42. The number of aromatic nitrogens is 4. The summed E-state index contributed by atoms with van der Waals surface area (Å²) in [4.78, 5) is 4.27. The van der Waals surface area contributed by atoms with E-state index in [0.29, 0.717) is 22.9 Å². The van der Waals surface area contributed by atoms with Crippen LogP contribution in [0.4, 0.5) is 0 Å². The van der Waals surface area contributed by atoms with Crippen LogP contribution < -0.4 is 4.74 Å². The van der Waals surface area contributed by atoms with Gasteiger partial charge in [-0.1, -0.05) is 6.07 Å². The summed E-state index contributed by atoms with van der Waals surface area (Å²) in [6, 6.07) is 13.3. The van der Waals surface area contributed by atoms with Gasteiger partial charge in [0.2, 0.25) is 10.6 Å². The molecule has 23 heavy (non-hydrogen) atoms. The summed E-state index contributed by atoms with van der Waals surface area (Å²) in [7, 11) is 0. The zero-order valence-corrected chi connectivity index (χ0v) is 13.3. The summed E-state index contributed by atoms with van der Waals surface area (Å²) in [5, 5.41) is 11.3. The van der Waals surface area contributed by atoms with Crippen LogP contribution in [-0.4, -0.2) is 32.7 Å². The maximum Gasteiger partial charge on any atom is 0.216 e. The maximum atomic E-state index is 5.42. The van der Waals surface area contributed by atoms with Crippen molar-refractivity contribution in [3.63, 3.8) is 0 Å². The van der Waals surface area contributed by atoms with Gasteiger partial charge in [0.1, 0.15) is 11.4 Å². The highest BCUT2D eigenvalue weighted by molar-refractivity contribution is 7.71. The molecular weight excluding hydrogens is 310 g/mol. The average Bonchev–Trinajstić information content (AvgIpc) is 2.96. The topological polar surface area (TPSA) is 68.1 Å². The van der Waals surface area contributed by atoms with E-state index in [9.17, 15) is 0 Å². The minimum absolute atomic E-state index is 0.410. The molecule has 0 aliphatic carbocycles. The number of rotatable bonds is 5. The Morgan fingerprint density at radius 1 is 1.26 bits per heavy atom. The Hall–Kier alpha value is -2.80. The van der Waals surface area contributed by atoms with Gasteiger partial charge >= 0.3 is 0 Å². The van der Waals surface area contributed by atoms with Crippen molar-refractivity contribution in [1.29, 1.82) is 0 Å². The highest BCUT2D eigenvalue weighted by Crippen LogP contribution is 2.14. The Kier molecular flexibility index (Phi) is 4.58. The van der Waals surface area contributed by atoms with Crippen LogP contribution >= 0.6 is 12.2 Å². The molecule has 2 aromatic heterocycles. The fourth-order valence-electron chi connectivity index (χ4n) is 2.00. The van der Waals surface area contributed by atoms with Crippen molar-refractivity contribution in [2.24, 2.45) is 5.10 Å². The SMILES string of the molecule is CCOc1ccc(/C=N\n2c(-c3ccccn3)n[nH]c2=S)cc1. The van der Waals surface area contributed by atoms with Crippen molar-refractivity contribution in [2.75, 3.05) is 6.61 Å². The van der Waals surface area contributed by atoms with E-state index in [0.717, 1.165) is 11.3 Å². The third-order valence-electron chi connectivity index (χ3n) is 3.06. The molecule has 0 amide bonds. The Labute approximate surface area is 138 Å². The summed E-state index contributed by atoms with van der Waals surface area (Å²) in [6.07, 6.45) is 3.42. The number of pyridine rings is 1. The monoisotopic (exact) mass is 325 g/mol. The van der Waals surface area contributed by atoms with Gasteiger partial charge in [-0.3, -0.25) is 4.98 Å². The van der Waals surface area contributed by atoms with Crippen molar-refractivity contribution in [3.8, 4) is 17.3 Å². The zero-order valence-electron chi connectivity index (χ0n) is 12.5. The zero-order chi connectivity index (χ0) is 16.1. The van der Waals surface area contributed by atoms with Crippen LogP contribution in [0.1, 0.15) is 12.5 Å². The minimum atomic E-state index is 0.410. The van der Waals surface area contributed by atoms with E-state index >= 15 is 0 Å². The molecule has 7 heteroatoms. The molecule has 1 N–H and O–H groups in total. The van der Waals surface area contributed by atoms with Gasteiger partial charge in [-0.2, -0.15) is 14.9 Å². The summed E-state index contributed by atoms with van der Waals surface area (Å²) in [5.41, 5.74) is 1.63. The fourth-order valence-corrected chi connectivity index (χ4v) is 2.18. The lowest BCUT2D eigenvalue weighted by Crippen LogP contribution is -1.96. The second-order valence-electron chi connectivity index (χ2n) is 4.63. The van der Waals surface area contributed by atoms with E-state index in [1.807, 2.05) is 49.4 Å². The molecule has 6 nitrogen and oxygen atoms in total. The predicted molar refractivity (Wildman–Crippen MR) is 91.2 cm³/mol. The number of benzene rings is 1. The lowest BCUT2D eigenvalue weighted by Gasteiger charge is -2.02. The standard InChI is InChI=1S/C16H15N5OS/c1-2-22-13-8-6-12(7-9-13)11-18-21-15(19-20-16(21)23)14-5-3-4-10-17-14/h3-11H,2H2,1H3,(H,20,23)/b18-11-. The van der Waals surface area contributed by atoms with Gasteiger partial charge in [-0.15, -0.1) is 0 Å². The van der Waals surface area contributed by atoms with E-state index in [1.165, 1.54) is 0 Å². The lowest BCUT2D eigenvalue weighted by molar-refractivity contribution is 0.340. The van der Waals surface area contributed by atoms with Crippen LogP contribution in [-0.2, 0) is 0 Å². The van der Waals surface area contributed by atoms with E-state index in [2.05, 4.69) is 20.3 Å². The molecule has 0 aliphatic rings. The quantitative estimate of drug-likeness (QED) is 0.577. The predicted octanol–water partition coefficient (Wildman–Crippen LogP) is 3.28. The third-order valence-corrected chi connectivity index (χ3v) is 3.32. The molecule has 0 bridgehead atoms. The highest BCUT2D eigenvalue weighted by atomic mass is 32.1. The molecule has 1 aromatic carbocycles. The van der Waals surface area contributed by atoms with E-state index in [4.69, 9.17) is 17.0 Å². The van der Waals surface area contributed by atoms with Gasteiger partial charge in [-0.05, 0) is 61.1 Å². The van der Waals surface area contributed by atoms with Crippen molar-refractivity contribution in [1.82, 2.24) is 19.9 Å². The van der Waals surface area contributed by atoms with Crippen LogP contribution in [0.2, 0.25) is 0 Å². The highest BCUT2D eigenvalue weighted by Gasteiger charge is 2.08. The van der Waals surface area contributed by atoms with Gasteiger partial charge in [0.15, 0.2) is 0 Å². The first-order valence-corrected chi connectivity index (χ1v) is 7.55. The molecule has 0 saturated carbocycles. The van der Waals surface area contributed by atoms with Crippen LogP contribution in [0, 0.1) is 4.77 Å². The number of hydrogen-bond donors (Lipinski definition) is 1. The van der Waals surface area contributed by atoms with Crippen LogP contribution in [0.3, 0.4) is 0 Å². The minimum Gasteiger partial charge on any atom is -0.494 e. The molecule has 3 aromatic rings. The normalized spacial score (nSPS) is 11.0. The van der Waals surface area contributed by atoms with Crippen LogP contribution in [0.5, 0.6) is 5.75 Å². The van der Waals surface area contributed by atoms with E-state index in [-0.39, 0.29) is 0 Å². The average molecular weight is 325 g/mol. The largest absolute Gasteiger partial charge is 0.494 e. The number of H-pyrrole nitrogens is 1. The molecule has 0 unspecified atom stereocenters. The van der Waals surface area contributed by atoms with Gasteiger partial charge in [0, 0.05) is 6.20 Å². The Balaban J connectivity index is 1.88. The Morgan fingerprint density at radius 3 is 2.78 bits per heavy atom. The molecule has 0 atom stereocenters. The Morgan fingerprint density at radius 2 is 2.09 bits per heavy atom. The second kappa shape index (κ2) is 6.97. The number of ether oxygens (including phenoxy) is 1. The lowest BCUT2D eigenvalue weighted by atomic mass is 10.2. The smallest absolute Gasteiger partial charge is 0.216 e. The third kappa shape index (κ3) is 3.51. The van der Waals surface area contributed by atoms with Crippen molar-refractivity contribution in [3.05, 3.63) is 59.0 Å². The van der Waals surface area contributed by atoms with Crippen molar-refractivity contribution >= 4 is 18.4 Å². The van der Waals surface area contributed by atoms with E-state index < -0.39 is 0 Å². The van der Waals surface area contributed by atoms with Crippen molar-refractivity contribution < 1.29 is 4.74 Å². The molecular formula is C16H15N5OS. The molecule has 0 radical (unpaired) electrons. The molecule has 116 valence electrons. The second-order valence-corrected chi connectivity index (χ2v) is 5.01.